The Labute approximate surface area is 104 Å². The quantitative estimate of drug-likeness (QED) is 0.805. The Morgan fingerprint density at radius 3 is 2.81 bits per heavy atom. The molecular weight excluding hydrogens is 294 g/mol. The predicted octanol–water partition coefficient (Wildman–Crippen LogP) is 1.26. The van der Waals surface area contributed by atoms with Crippen molar-refractivity contribution >= 4 is 26.0 Å². The first-order valence-electron chi connectivity index (χ1n) is 5.03. The maximum atomic E-state index is 11.9. The molecule has 0 radical (unpaired) electrons. The first-order valence-corrected chi connectivity index (χ1v) is 7.64. The standard InChI is InChI=1S/C9H16BrN3O2S/c1-8(4-3-6-10)12-16(14,15)9-5-7-11-13(9)2/h5,7-8,12H,3-4,6H2,1-2H3. The van der Waals surface area contributed by atoms with Crippen LogP contribution in [0.25, 0.3) is 0 Å². The molecule has 0 aliphatic rings. The number of hydrogen-bond acceptors (Lipinski definition) is 3. The topological polar surface area (TPSA) is 64.0 Å². The molecule has 7 heteroatoms. The monoisotopic (exact) mass is 309 g/mol. The van der Waals surface area contributed by atoms with Gasteiger partial charge in [0.2, 0.25) is 0 Å². The van der Waals surface area contributed by atoms with E-state index in [2.05, 4.69) is 25.8 Å². The number of aryl methyl sites for hydroxylation is 1. The van der Waals surface area contributed by atoms with Crippen molar-refractivity contribution in [1.82, 2.24) is 14.5 Å². The molecular formula is C9H16BrN3O2S. The van der Waals surface area contributed by atoms with Crippen LogP contribution in [0.5, 0.6) is 0 Å². The smallest absolute Gasteiger partial charge is 0.256 e. The Kier molecular flexibility index (Phi) is 4.94. The van der Waals surface area contributed by atoms with Crippen molar-refractivity contribution < 1.29 is 8.42 Å². The second-order valence-electron chi connectivity index (χ2n) is 3.65. The molecule has 0 aliphatic heterocycles. The molecule has 1 aromatic heterocycles. The number of nitrogens with one attached hydrogen (secondary N) is 1. The van der Waals surface area contributed by atoms with Crippen LogP contribution in [0.15, 0.2) is 17.3 Å². The Balaban J connectivity index is 2.69. The van der Waals surface area contributed by atoms with Crippen LogP contribution in [0, 0.1) is 0 Å². The molecule has 1 N–H and O–H groups in total. The highest BCUT2D eigenvalue weighted by atomic mass is 79.9. The fraction of sp³-hybridized carbons (Fsp3) is 0.667. The van der Waals surface area contributed by atoms with Crippen LogP contribution in [0.2, 0.25) is 0 Å². The molecule has 1 aromatic rings. The second-order valence-corrected chi connectivity index (χ2v) is 6.10. The normalized spacial score (nSPS) is 13.9. The number of halogens is 1. The lowest BCUT2D eigenvalue weighted by Crippen LogP contribution is -2.33. The molecule has 5 nitrogen and oxygen atoms in total. The number of hydrogen-bond donors (Lipinski definition) is 1. The molecule has 1 heterocycles. The summed E-state index contributed by atoms with van der Waals surface area (Å²) in [5.41, 5.74) is 0. The zero-order valence-electron chi connectivity index (χ0n) is 9.35. The Morgan fingerprint density at radius 2 is 2.31 bits per heavy atom. The minimum atomic E-state index is -3.44. The average Bonchev–Trinajstić information content (AvgIpc) is 2.61. The van der Waals surface area contributed by atoms with Crippen molar-refractivity contribution in [1.29, 1.82) is 0 Å². The lowest BCUT2D eigenvalue weighted by atomic mass is 10.2. The van der Waals surface area contributed by atoms with E-state index >= 15 is 0 Å². The Bertz CT molecular complexity index is 430. The van der Waals surface area contributed by atoms with Gasteiger partial charge in [-0.15, -0.1) is 0 Å². The van der Waals surface area contributed by atoms with E-state index in [1.54, 1.807) is 7.05 Å². The van der Waals surface area contributed by atoms with Gasteiger partial charge in [0.15, 0.2) is 5.03 Å². The van der Waals surface area contributed by atoms with Gasteiger partial charge in [0.25, 0.3) is 10.0 Å². The van der Waals surface area contributed by atoms with Crippen molar-refractivity contribution in [3.63, 3.8) is 0 Å². The van der Waals surface area contributed by atoms with Gasteiger partial charge in [0.1, 0.15) is 0 Å². The molecule has 0 saturated carbocycles. The summed E-state index contributed by atoms with van der Waals surface area (Å²) in [5.74, 6) is 0. The first kappa shape index (κ1) is 13.7. The van der Waals surface area contributed by atoms with Gasteiger partial charge in [-0.1, -0.05) is 15.9 Å². The van der Waals surface area contributed by atoms with E-state index in [1.165, 1.54) is 16.9 Å². The lowest BCUT2D eigenvalue weighted by Gasteiger charge is -2.13. The summed E-state index contributed by atoms with van der Waals surface area (Å²) in [5, 5.41) is 4.91. The molecule has 1 atom stereocenters. The Morgan fingerprint density at radius 1 is 1.62 bits per heavy atom. The van der Waals surface area contributed by atoms with E-state index < -0.39 is 10.0 Å². The van der Waals surface area contributed by atoms with Gasteiger partial charge >= 0.3 is 0 Å². The fourth-order valence-electron chi connectivity index (χ4n) is 1.39. The molecule has 0 aromatic carbocycles. The second kappa shape index (κ2) is 5.79. The van der Waals surface area contributed by atoms with E-state index in [0.29, 0.717) is 0 Å². The van der Waals surface area contributed by atoms with Crippen molar-refractivity contribution in [3.05, 3.63) is 12.3 Å². The lowest BCUT2D eigenvalue weighted by molar-refractivity contribution is 0.532. The van der Waals surface area contributed by atoms with Crippen molar-refractivity contribution in [2.45, 2.75) is 30.8 Å². The van der Waals surface area contributed by atoms with Gasteiger partial charge in [0, 0.05) is 18.4 Å². The predicted molar refractivity (Wildman–Crippen MR) is 66.0 cm³/mol. The van der Waals surface area contributed by atoms with Crippen molar-refractivity contribution in [3.8, 4) is 0 Å². The minimum absolute atomic E-state index is 0.0718. The maximum Gasteiger partial charge on any atom is 0.257 e. The summed E-state index contributed by atoms with van der Waals surface area (Å²) in [6.45, 7) is 1.86. The van der Waals surface area contributed by atoms with E-state index in [-0.39, 0.29) is 11.1 Å². The van der Waals surface area contributed by atoms with Gasteiger partial charge in [-0.3, -0.25) is 4.68 Å². The van der Waals surface area contributed by atoms with Crippen LogP contribution in [0.1, 0.15) is 19.8 Å². The van der Waals surface area contributed by atoms with Crippen LogP contribution in [0.4, 0.5) is 0 Å². The largest absolute Gasteiger partial charge is 0.257 e. The highest BCUT2D eigenvalue weighted by Gasteiger charge is 2.19. The highest BCUT2D eigenvalue weighted by Crippen LogP contribution is 2.08. The third-order valence-corrected chi connectivity index (χ3v) is 4.40. The molecule has 0 fully saturated rings. The van der Waals surface area contributed by atoms with Crippen molar-refractivity contribution in [2.75, 3.05) is 5.33 Å². The third kappa shape index (κ3) is 3.57. The summed E-state index contributed by atoms with van der Waals surface area (Å²) in [4.78, 5) is 0. The van der Waals surface area contributed by atoms with E-state index in [4.69, 9.17) is 0 Å². The van der Waals surface area contributed by atoms with Gasteiger partial charge < -0.3 is 0 Å². The fourth-order valence-corrected chi connectivity index (χ4v) is 3.12. The number of alkyl halides is 1. The van der Waals surface area contributed by atoms with Crippen LogP contribution < -0.4 is 4.72 Å². The van der Waals surface area contributed by atoms with Gasteiger partial charge in [-0.25, -0.2) is 13.1 Å². The molecule has 16 heavy (non-hydrogen) atoms. The average molecular weight is 310 g/mol. The van der Waals surface area contributed by atoms with Gasteiger partial charge in [0.05, 0.1) is 6.20 Å². The number of nitrogens with zero attached hydrogens (tertiary/aromatic N) is 2. The van der Waals surface area contributed by atoms with E-state index in [1.807, 2.05) is 6.92 Å². The summed E-state index contributed by atoms with van der Waals surface area (Å²) in [6.07, 6.45) is 3.22. The van der Waals surface area contributed by atoms with E-state index in [9.17, 15) is 8.42 Å². The number of rotatable bonds is 6. The van der Waals surface area contributed by atoms with Crippen LogP contribution >= 0.6 is 15.9 Å². The minimum Gasteiger partial charge on any atom is -0.256 e. The first-order chi connectivity index (χ1) is 7.47. The SMILES string of the molecule is CC(CCCBr)NS(=O)(=O)c1ccnn1C. The van der Waals surface area contributed by atoms with Crippen LogP contribution in [0.3, 0.4) is 0 Å². The number of aromatic nitrogens is 2. The van der Waals surface area contributed by atoms with Crippen LogP contribution in [-0.2, 0) is 17.1 Å². The van der Waals surface area contributed by atoms with E-state index in [0.717, 1.165) is 18.2 Å². The summed E-state index contributed by atoms with van der Waals surface area (Å²) >= 11 is 3.32. The van der Waals surface area contributed by atoms with Gasteiger partial charge in [-0.05, 0) is 25.8 Å². The summed E-state index contributed by atoms with van der Waals surface area (Å²) < 4.78 is 27.8. The van der Waals surface area contributed by atoms with Gasteiger partial charge in [-0.2, -0.15) is 5.10 Å². The molecule has 0 saturated heterocycles. The highest BCUT2D eigenvalue weighted by molar-refractivity contribution is 9.09. The zero-order chi connectivity index (χ0) is 12.2. The third-order valence-electron chi connectivity index (χ3n) is 2.18. The molecule has 0 spiro atoms. The van der Waals surface area contributed by atoms with Crippen molar-refractivity contribution in [2.24, 2.45) is 7.05 Å². The molecule has 0 bridgehead atoms. The summed E-state index contributed by atoms with van der Waals surface area (Å²) in [7, 11) is -1.83. The maximum absolute atomic E-state index is 11.9. The Hall–Kier alpha value is -0.400. The van der Waals surface area contributed by atoms with Crippen LogP contribution in [-0.4, -0.2) is 29.6 Å². The molecule has 0 aliphatic carbocycles. The molecule has 1 unspecified atom stereocenters. The zero-order valence-corrected chi connectivity index (χ0v) is 11.8. The molecule has 1 rings (SSSR count). The molecule has 92 valence electrons. The number of sulfonamides is 1. The molecule has 0 amide bonds. The summed E-state index contributed by atoms with van der Waals surface area (Å²) in [6, 6.07) is 1.41.